The minimum Gasteiger partial charge on any atom is -0.298 e. The highest BCUT2D eigenvalue weighted by molar-refractivity contribution is 7.99. The number of hydrogen-bond acceptors (Lipinski definition) is 3. The number of pyridine rings is 1. The number of carbonyl (C=O) groups is 1. The highest BCUT2D eigenvalue weighted by Gasteiger charge is 2.02. The highest BCUT2D eigenvalue weighted by atomic mass is 32.2. The molecule has 0 saturated heterocycles. The maximum absolute atomic E-state index is 11.3. The Morgan fingerprint density at radius 1 is 1.62 bits per heavy atom. The number of ketones is 1. The van der Waals surface area contributed by atoms with Crippen molar-refractivity contribution >= 4 is 17.5 Å². The summed E-state index contributed by atoms with van der Waals surface area (Å²) >= 11 is 1.67. The van der Waals surface area contributed by atoms with Gasteiger partial charge in [-0.1, -0.05) is 13.0 Å². The molecule has 0 bridgehead atoms. The third-order valence-corrected chi connectivity index (χ3v) is 2.53. The van der Waals surface area contributed by atoms with Gasteiger partial charge in [0.25, 0.3) is 0 Å². The van der Waals surface area contributed by atoms with Gasteiger partial charge < -0.3 is 0 Å². The zero-order chi connectivity index (χ0) is 9.52. The van der Waals surface area contributed by atoms with E-state index < -0.39 is 0 Å². The Labute approximate surface area is 82.8 Å². The molecule has 0 radical (unpaired) electrons. The van der Waals surface area contributed by atoms with Crippen molar-refractivity contribution in [3.05, 3.63) is 30.1 Å². The average molecular weight is 195 g/mol. The first-order valence-corrected chi connectivity index (χ1v) is 5.46. The summed E-state index contributed by atoms with van der Waals surface area (Å²) in [6.07, 6.45) is 3.98. The van der Waals surface area contributed by atoms with Crippen LogP contribution in [0.3, 0.4) is 0 Å². The lowest BCUT2D eigenvalue weighted by atomic mass is 10.2. The van der Waals surface area contributed by atoms with Gasteiger partial charge in [-0.3, -0.25) is 9.78 Å². The van der Waals surface area contributed by atoms with Crippen molar-refractivity contribution in [3.63, 3.8) is 0 Å². The molecule has 3 heteroatoms. The number of Topliss-reactive ketones (excluding diaryl/α,β-unsaturated/α-hetero) is 1. The van der Waals surface area contributed by atoms with E-state index in [1.54, 1.807) is 24.2 Å². The molecule has 1 aromatic rings. The SMILES string of the molecule is CCSCC(=O)Cc1cccnc1. The molecule has 0 amide bonds. The molecule has 0 spiro atoms. The summed E-state index contributed by atoms with van der Waals surface area (Å²) in [7, 11) is 0. The molecular formula is C10H13NOS. The van der Waals surface area contributed by atoms with Crippen molar-refractivity contribution in [2.75, 3.05) is 11.5 Å². The van der Waals surface area contributed by atoms with Crippen molar-refractivity contribution < 1.29 is 4.79 Å². The molecular weight excluding hydrogens is 182 g/mol. The van der Waals surface area contributed by atoms with E-state index in [9.17, 15) is 4.79 Å². The van der Waals surface area contributed by atoms with E-state index in [1.165, 1.54) is 0 Å². The van der Waals surface area contributed by atoms with Crippen molar-refractivity contribution in [2.45, 2.75) is 13.3 Å². The fourth-order valence-electron chi connectivity index (χ4n) is 0.997. The van der Waals surface area contributed by atoms with E-state index in [-0.39, 0.29) is 5.78 Å². The third kappa shape index (κ3) is 4.08. The number of hydrogen-bond donors (Lipinski definition) is 0. The standard InChI is InChI=1S/C10H13NOS/c1-2-13-8-10(12)6-9-4-3-5-11-7-9/h3-5,7H,2,6,8H2,1H3. The minimum absolute atomic E-state index is 0.278. The van der Waals surface area contributed by atoms with E-state index in [4.69, 9.17) is 0 Å². The van der Waals surface area contributed by atoms with E-state index in [1.807, 2.05) is 12.1 Å². The molecule has 0 saturated carbocycles. The van der Waals surface area contributed by atoms with Gasteiger partial charge in [-0.2, -0.15) is 11.8 Å². The lowest BCUT2D eigenvalue weighted by Gasteiger charge is -1.98. The van der Waals surface area contributed by atoms with E-state index in [0.717, 1.165) is 11.3 Å². The monoisotopic (exact) mass is 195 g/mol. The Hall–Kier alpha value is -0.830. The predicted octanol–water partition coefficient (Wildman–Crippen LogP) is 1.95. The number of nitrogens with zero attached hydrogens (tertiary/aromatic N) is 1. The van der Waals surface area contributed by atoms with E-state index in [0.29, 0.717) is 12.2 Å². The summed E-state index contributed by atoms with van der Waals surface area (Å²) in [5.41, 5.74) is 1.00. The molecule has 0 N–H and O–H groups in total. The van der Waals surface area contributed by atoms with Crippen LogP contribution in [0.2, 0.25) is 0 Å². The number of rotatable bonds is 5. The van der Waals surface area contributed by atoms with Gasteiger partial charge in [-0.05, 0) is 17.4 Å². The maximum Gasteiger partial charge on any atom is 0.147 e. The maximum atomic E-state index is 11.3. The van der Waals surface area contributed by atoms with Crippen LogP contribution in [-0.2, 0) is 11.2 Å². The first-order chi connectivity index (χ1) is 6.33. The molecule has 0 unspecified atom stereocenters. The first kappa shape index (κ1) is 10.3. The zero-order valence-electron chi connectivity index (χ0n) is 7.69. The van der Waals surface area contributed by atoms with Crippen LogP contribution in [0.15, 0.2) is 24.5 Å². The van der Waals surface area contributed by atoms with Gasteiger partial charge in [0.05, 0.1) is 5.75 Å². The molecule has 1 rings (SSSR count). The van der Waals surface area contributed by atoms with Gasteiger partial charge in [-0.25, -0.2) is 0 Å². The number of carbonyl (C=O) groups excluding carboxylic acids is 1. The van der Waals surface area contributed by atoms with Gasteiger partial charge >= 0.3 is 0 Å². The van der Waals surface area contributed by atoms with Crippen molar-refractivity contribution in [1.82, 2.24) is 4.98 Å². The Kier molecular flexibility index (Phi) is 4.54. The van der Waals surface area contributed by atoms with Crippen LogP contribution >= 0.6 is 11.8 Å². The van der Waals surface area contributed by atoms with Gasteiger partial charge in [0, 0.05) is 18.8 Å². The van der Waals surface area contributed by atoms with E-state index in [2.05, 4.69) is 11.9 Å². The summed E-state index contributed by atoms with van der Waals surface area (Å²) < 4.78 is 0. The van der Waals surface area contributed by atoms with E-state index >= 15 is 0 Å². The average Bonchev–Trinajstić information content (AvgIpc) is 2.16. The molecule has 13 heavy (non-hydrogen) atoms. The summed E-state index contributed by atoms with van der Waals surface area (Å²) in [5.74, 6) is 1.89. The smallest absolute Gasteiger partial charge is 0.147 e. The molecule has 0 aliphatic heterocycles. The Morgan fingerprint density at radius 3 is 3.08 bits per heavy atom. The highest BCUT2D eigenvalue weighted by Crippen LogP contribution is 2.03. The van der Waals surface area contributed by atoms with Gasteiger partial charge in [0.2, 0.25) is 0 Å². The van der Waals surface area contributed by atoms with Gasteiger partial charge in [0.1, 0.15) is 5.78 Å². The van der Waals surface area contributed by atoms with Crippen LogP contribution in [0.5, 0.6) is 0 Å². The number of thioether (sulfide) groups is 1. The van der Waals surface area contributed by atoms with Crippen LogP contribution in [-0.4, -0.2) is 22.3 Å². The largest absolute Gasteiger partial charge is 0.298 e. The molecule has 1 heterocycles. The molecule has 0 fully saturated rings. The predicted molar refractivity (Wildman–Crippen MR) is 55.9 cm³/mol. The Bertz CT molecular complexity index is 261. The summed E-state index contributed by atoms with van der Waals surface area (Å²) in [5, 5.41) is 0. The number of aromatic nitrogens is 1. The first-order valence-electron chi connectivity index (χ1n) is 4.31. The molecule has 0 aromatic carbocycles. The van der Waals surface area contributed by atoms with Crippen molar-refractivity contribution in [3.8, 4) is 0 Å². The fourth-order valence-corrected chi connectivity index (χ4v) is 1.53. The summed E-state index contributed by atoms with van der Waals surface area (Å²) in [4.78, 5) is 15.3. The molecule has 0 aliphatic rings. The molecule has 70 valence electrons. The molecule has 1 aromatic heterocycles. The van der Waals surface area contributed by atoms with Crippen LogP contribution < -0.4 is 0 Å². The van der Waals surface area contributed by atoms with Crippen LogP contribution in [0.4, 0.5) is 0 Å². The topological polar surface area (TPSA) is 30.0 Å². The second kappa shape index (κ2) is 5.75. The van der Waals surface area contributed by atoms with Crippen LogP contribution in [0.1, 0.15) is 12.5 Å². The summed E-state index contributed by atoms with van der Waals surface area (Å²) in [6, 6.07) is 3.79. The van der Waals surface area contributed by atoms with Gasteiger partial charge in [-0.15, -0.1) is 0 Å². The van der Waals surface area contributed by atoms with Crippen molar-refractivity contribution in [2.24, 2.45) is 0 Å². The fraction of sp³-hybridized carbons (Fsp3) is 0.400. The lowest BCUT2D eigenvalue weighted by Crippen LogP contribution is -2.05. The van der Waals surface area contributed by atoms with Gasteiger partial charge in [0.15, 0.2) is 0 Å². The Balaban J connectivity index is 2.37. The van der Waals surface area contributed by atoms with Crippen molar-refractivity contribution in [1.29, 1.82) is 0 Å². The summed E-state index contributed by atoms with van der Waals surface area (Å²) in [6.45, 7) is 2.06. The second-order valence-electron chi connectivity index (χ2n) is 2.71. The zero-order valence-corrected chi connectivity index (χ0v) is 8.51. The lowest BCUT2D eigenvalue weighted by molar-refractivity contribution is -0.116. The van der Waals surface area contributed by atoms with Crippen LogP contribution in [0.25, 0.3) is 0 Å². The quantitative estimate of drug-likeness (QED) is 0.719. The Morgan fingerprint density at radius 2 is 2.46 bits per heavy atom. The van der Waals surface area contributed by atoms with Crippen LogP contribution in [0, 0.1) is 0 Å². The second-order valence-corrected chi connectivity index (χ2v) is 3.99. The third-order valence-electron chi connectivity index (χ3n) is 1.59. The molecule has 0 atom stereocenters. The normalized spacial score (nSPS) is 9.92. The molecule has 2 nitrogen and oxygen atoms in total. The molecule has 0 aliphatic carbocycles. The minimum atomic E-state index is 0.278.